The monoisotopic (exact) mass is 322 g/mol. The van der Waals surface area contributed by atoms with E-state index < -0.39 is 0 Å². The highest BCUT2D eigenvalue weighted by Crippen LogP contribution is 2.34. The summed E-state index contributed by atoms with van der Waals surface area (Å²) in [6, 6.07) is 6.90. The minimum atomic E-state index is -0.249. The summed E-state index contributed by atoms with van der Waals surface area (Å²) < 4.78 is 15.7. The van der Waals surface area contributed by atoms with Gasteiger partial charge in [-0.25, -0.2) is 4.39 Å². The van der Waals surface area contributed by atoms with E-state index in [4.69, 9.17) is 0 Å². The topological polar surface area (TPSA) is 17.8 Å². The van der Waals surface area contributed by atoms with Gasteiger partial charge in [0, 0.05) is 23.3 Å². The molecule has 0 saturated carbocycles. The molecule has 0 aliphatic carbocycles. The number of hydrogen-bond donors (Lipinski definition) is 0. The Bertz CT molecular complexity index is 863. The molecule has 2 aromatic heterocycles. The molecule has 3 heteroatoms. The maximum absolute atomic E-state index is 13.6. The van der Waals surface area contributed by atoms with Crippen LogP contribution in [0.3, 0.4) is 0 Å². The third kappa shape index (κ3) is 2.86. The lowest BCUT2D eigenvalue weighted by Crippen LogP contribution is -1.98. The molecule has 0 N–H and O–H groups in total. The number of nitrogens with zero attached hydrogens (tertiary/aromatic N) is 2. The Morgan fingerprint density at radius 2 is 2.12 bits per heavy atom. The summed E-state index contributed by atoms with van der Waals surface area (Å²) in [5, 5.41) is 1.23. The molecule has 0 bridgehead atoms. The number of benzene rings is 1. The zero-order chi connectivity index (χ0) is 17.1. The predicted molar refractivity (Wildman–Crippen MR) is 99.1 cm³/mol. The zero-order valence-electron chi connectivity index (χ0n) is 14.3. The first-order valence-corrected chi connectivity index (χ1v) is 8.56. The van der Waals surface area contributed by atoms with Crippen molar-refractivity contribution in [1.82, 2.24) is 9.55 Å². The molecule has 0 saturated heterocycles. The fourth-order valence-electron chi connectivity index (χ4n) is 3.46. The van der Waals surface area contributed by atoms with Crippen molar-refractivity contribution in [3.05, 3.63) is 66.4 Å². The predicted octanol–water partition coefficient (Wildman–Crippen LogP) is 6.10. The quantitative estimate of drug-likeness (QED) is 0.536. The third-order valence-corrected chi connectivity index (χ3v) is 4.68. The van der Waals surface area contributed by atoms with Crippen LogP contribution in [0, 0.1) is 5.82 Å². The Morgan fingerprint density at radius 1 is 1.29 bits per heavy atom. The van der Waals surface area contributed by atoms with Gasteiger partial charge in [-0.15, -0.1) is 0 Å². The Balaban J connectivity index is 2.25. The van der Waals surface area contributed by atoms with E-state index in [9.17, 15) is 4.39 Å². The highest BCUT2D eigenvalue weighted by Gasteiger charge is 2.17. The van der Waals surface area contributed by atoms with Crippen molar-refractivity contribution in [1.29, 1.82) is 0 Å². The van der Waals surface area contributed by atoms with E-state index in [1.54, 1.807) is 6.08 Å². The van der Waals surface area contributed by atoms with Crippen LogP contribution in [0.25, 0.3) is 22.7 Å². The molecule has 1 atom stereocenters. The van der Waals surface area contributed by atoms with E-state index in [-0.39, 0.29) is 5.82 Å². The van der Waals surface area contributed by atoms with Crippen molar-refractivity contribution in [3.63, 3.8) is 0 Å². The Morgan fingerprint density at radius 3 is 2.83 bits per heavy atom. The Labute approximate surface area is 142 Å². The second kappa shape index (κ2) is 7.00. The van der Waals surface area contributed by atoms with Gasteiger partial charge in [0.2, 0.25) is 0 Å². The summed E-state index contributed by atoms with van der Waals surface area (Å²) in [4.78, 5) is 4.30. The maximum atomic E-state index is 13.6. The van der Waals surface area contributed by atoms with Gasteiger partial charge in [0.05, 0.1) is 17.4 Å². The van der Waals surface area contributed by atoms with E-state index >= 15 is 0 Å². The van der Waals surface area contributed by atoms with Crippen LogP contribution >= 0.6 is 0 Å². The second-order valence-corrected chi connectivity index (χ2v) is 6.15. The van der Waals surface area contributed by atoms with Crippen molar-refractivity contribution in [2.24, 2.45) is 0 Å². The number of fused-ring (bicyclic) bond motifs is 1. The number of aromatic nitrogens is 2. The molecule has 0 aliphatic rings. The molecule has 1 aromatic carbocycles. The molecule has 0 fully saturated rings. The van der Waals surface area contributed by atoms with Gasteiger partial charge in [0.25, 0.3) is 0 Å². The summed E-state index contributed by atoms with van der Waals surface area (Å²) in [6.45, 7) is 8.29. The van der Waals surface area contributed by atoms with Crippen LogP contribution in [0.15, 0.2) is 49.4 Å². The largest absolute Gasteiger partial charge is 0.314 e. The zero-order valence-corrected chi connectivity index (χ0v) is 14.3. The fraction of sp³-hybridized carbons (Fsp3) is 0.286. The van der Waals surface area contributed by atoms with Crippen LogP contribution in [-0.4, -0.2) is 9.55 Å². The van der Waals surface area contributed by atoms with Gasteiger partial charge in [-0.1, -0.05) is 32.9 Å². The maximum Gasteiger partial charge on any atom is 0.123 e. The van der Waals surface area contributed by atoms with Crippen molar-refractivity contribution in [2.45, 2.75) is 39.0 Å². The molecule has 2 nitrogen and oxygen atoms in total. The average Bonchev–Trinajstić information content (AvgIpc) is 2.99. The normalized spacial score (nSPS) is 12.5. The third-order valence-electron chi connectivity index (χ3n) is 4.68. The summed E-state index contributed by atoms with van der Waals surface area (Å²) in [5.41, 5.74) is 4.11. The number of pyridine rings is 1. The second-order valence-electron chi connectivity index (χ2n) is 6.15. The molecular weight excluding hydrogens is 299 g/mol. The average molecular weight is 322 g/mol. The lowest BCUT2D eigenvalue weighted by atomic mass is 9.92. The Hall–Kier alpha value is -2.42. The van der Waals surface area contributed by atoms with E-state index in [2.05, 4.69) is 42.2 Å². The van der Waals surface area contributed by atoms with Crippen LogP contribution in [0.5, 0.6) is 0 Å². The number of halogens is 1. The Kier molecular flexibility index (Phi) is 4.79. The molecule has 2 heterocycles. The van der Waals surface area contributed by atoms with Crippen molar-refractivity contribution in [3.8, 4) is 5.69 Å². The van der Waals surface area contributed by atoms with Crippen LogP contribution in [0.4, 0.5) is 4.39 Å². The highest BCUT2D eigenvalue weighted by atomic mass is 19.1. The smallest absolute Gasteiger partial charge is 0.123 e. The SMILES string of the molecule is C=Cc1cc(F)ccc1-n1cc(C(CC)CCC)c2ccncc21. The van der Waals surface area contributed by atoms with Gasteiger partial charge in [-0.05, 0) is 48.6 Å². The highest BCUT2D eigenvalue weighted by molar-refractivity contribution is 5.86. The van der Waals surface area contributed by atoms with Gasteiger partial charge >= 0.3 is 0 Å². The fourth-order valence-corrected chi connectivity index (χ4v) is 3.46. The molecule has 0 aliphatic heterocycles. The minimum Gasteiger partial charge on any atom is -0.314 e. The summed E-state index contributed by atoms with van der Waals surface area (Å²) in [6.07, 6.45) is 11.0. The molecular formula is C21H23FN2. The molecule has 0 radical (unpaired) electrons. The molecule has 3 aromatic rings. The van der Waals surface area contributed by atoms with Crippen molar-refractivity contribution in [2.75, 3.05) is 0 Å². The molecule has 1 unspecified atom stereocenters. The summed E-state index contributed by atoms with van der Waals surface area (Å²) in [7, 11) is 0. The standard InChI is InChI=1S/C21H23FN2/c1-4-7-15(5-2)19-14-24(21-13-23-11-10-18(19)21)20-9-8-17(22)12-16(20)6-3/h6,8-15H,3-5,7H2,1-2H3. The molecule has 3 rings (SSSR count). The minimum absolute atomic E-state index is 0.249. The van der Waals surface area contributed by atoms with Crippen LogP contribution in [0.1, 0.15) is 50.2 Å². The first-order valence-electron chi connectivity index (χ1n) is 8.56. The van der Waals surface area contributed by atoms with E-state index in [0.717, 1.165) is 36.0 Å². The van der Waals surface area contributed by atoms with Gasteiger partial charge < -0.3 is 4.57 Å². The lowest BCUT2D eigenvalue weighted by molar-refractivity contribution is 0.599. The van der Waals surface area contributed by atoms with Crippen LogP contribution < -0.4 is 0 Å². The lowest BCUT2D eigenvalue weighted by Gasteiger charge is -2.13. The van der Waals surface area contributed by atoms with Crippen LogP contribution in [0.2, 0.25) is 0 Å². The van der Waals surface area contributed by atoms with Gasteiger partial charge in [0.15, 0.2) is 0 Å². The van der Waals surface area contributed by atoms with Crippen molar-refractivity contribution >= 4 is 17.0 Å². The molecule has 0 spiro atoms. The summed E-state index contributed by atoms with van der Waals surface area (Å²) >= 11 is 0. The first kappa shape index (κ1) is 16.4. The number of hydrogen-bond acceptors (Lipinski definition) is 1. The molecule has 0 amide bonds. The number of rotatable bonds is 6. The summed E-state index contributed by atoms with van der Waals surface area (Å²) in [5.74, 6) is 0.273. The van der Waals surface area contributed by atoms with Gasteiger partial charge in [0.1, 0.15) is 5.82 Å². The van der Waals surface area contributed by atoms with Gasteiger partial charge in [-0.2, -0.15) is 0 Å². The van der Waals surface area contributed by atoms with E-state index in [1.807, 2.05) is 18.5 Å². The van der Waals surface area contributed by atoms with Crippen LogP contribution in [-0.2, 0) is 0 Å². The van der Waals surface area contributed by atoms with E-state index in [0.29, 0.717) is 5.92 Å². The van der Waals surface area contributed by atoms with Gasteiger partial charge in [-0.3, -0.25) is 4.98 Å². The van der Waals surface area contributed by atoms with Crippen molar-refractivity contribution < 1.29 is 4.39 Å². The molecule has 24 heavy (non-hydrogen) atoms. The molecule has 124 valence electrons. The van der Waals surface area contributed by atoms with E-state index in [1.165, 1.54) is 23.1 Å². The first-order chi connectivity index (χ1) is 11.7.